The molecule has 0 aromatic rings. The highest BCUT2D eigenvalue weighted by atomic mass is 14.9. The monoisotopic (exact) mass is 177 g/mol. The van der Waals surface area contributed by atoms with E-state index in [1.165, 1.54) is 0 Å². The molecule has 0 aliphatic heterocycles. The highest BCUT2D eigenvalue weighted by Gasteiger charge is 2.16. The third-order valence-corrected chi connectivity index (χ3v) is 1.64. The summed E-state index contributed by atoms with van der Waals surface area (Å²) < 4.78 is 0. The Morgan fingerprint density at radius 3 is 2.85 bits per heavy atom. The fourth-order valence-corrected chi connectivity index (χ4v) is 0.731. The van der Waals surface area contributed by atoms with Gasteiger partial charge in [0.15, 0.2) is 0 Å². The smallest absolute Gasteiger partial charge is 0.101 e. The van der Waals surface area contributed by atoms with Crippen molar-refractivity contribution in [2.45, 2.75) is 25.3 Å². The highest BCUT2D eigenvalue weighted by Crippen LogP contribution is 2.10. The van der Waals surface area contributed by atoms with Gasteiger partial charge in [0.05, 0.1) is 12.6 Å². The van der Waals surface area contributed by atoms with Crippen molar-refractivity contribution >= 4 is 0 Å². The van der Waals surface area contributed by atoms with E-state index in [1.807, 2.05) is 6.07 Å². The number of terminal acetylenes is 1. The van der Waals surface area contributed by atoms with Gasteiger partial charge in [-0.3, -0.25) is 0 Å². The van der Waals surface area contributed by atoms with Crippen molar-refractivity contribution in [3.63, 3.8) is 0 Å². The Kier molecular flexibility index (Phi) is 4.66. The molecule has 1 unspecified atom stereocenters. The summed E-state index contributed by atoms with van der Waals surface area (Å²) in [6.45, 7) is 5.92. The van der Waals surface area contributed by atoms with E-state index in [4.69, 9.17) is 17.4 Å². The van der Waals surface area contributed by atoms with Gasteiger partial charge in [-0.2, -0.15) is 5.26 Å². The summed E-state index contributed by atoms with van der Waals surface area (Å²) in [6, 6.07) is 2.02. The quantitative estimate of drug-likeness (QED) is 0.609. The van der Waals surface area contributed by atoms with E-state index in [0.29, 0.717) is 19.4 Å². The van der Waals surface area contributed by atoms with Gasteiger partial charge in [0, 0.05) is 5.70 Å². The predicted octanol–water partition coefficient (Wildman–Crippen LogP) is 0.744. The van der Waals surface area contributed by atoms with Gasteiger partial charge in [-0.05, 0) is 19.8 Å². The molecule has 3 N–H and O–H groups in total. The van der Waals surface area contributed by atoms with Crippen LogP contribution in [0.4, 0.5) is 0 Å². The minimum absolute atomic E-state index is 0.465. The molecule has 0 radical (unpaired) electrons. The maximum Gasteiger partial charge on any atom is 0.101 e. The Morgan fingerprint density at radius 1 is 1.77 bits per heavy atom. The third-order valence-electron chi connectivity index (χ3n) is 1.64. The Balaban J connectivity index is 3.73. The molecule has 0 saturated carbocycles. The molecule has 0 amide bonds. The molecular formula is C10H15N3. The Labute approximate surface area is 79.6 Å². The van der Waals surface area contributed by atoms with E-state index < -0.39 is 5.54 Å². The lowest BCUT2D eigenvalue weighted by Crippen LogP contribution is -2.34. The zero-order chi connectivity index (χ0) is 10.3. The van der Waals surface area contributed by atoms with Crippen molar-refractivity contribution in [3.05, 3.63) is 12.3 Å². The first-order chi connectivity index (χ1) is 6.02. The molecule has 0 bridgehead atoms. The summed E-state index contributed by atoms with van der Waals surface area (Å²) >= 11 is 0. The molecule has 13 heavy (non-hydrogen) atoms. The van der Waals surface area contributed by atoms with Crippen molar-refractivity contribution in [1.29, 1.82) is 5.26 Å². The summed E-state index contributed by atoms with van der Waals surface area (Å²) in [7, 11) is 0. The van der Waals surface area contributed by atoms with E-state index in [0.717, 1.165) is 5.70 Å². The van der Waals surface area contributed by atoms with Crippen LogP contribution >= 0.6 is 0 Å². The van der Waals surface area contributed by atoms with Gasteiger partial charge in [0.2, 0.25) is 0 Å². The maximum absolute atomic E-state index is 8.63. The second kappa shape index (κ2) is 5.24. The molecule has 0 saturated heterocycles. The van der Waals surface area contributed by atoms with Crippen LogP contribution in [0.2, 0.25) is 0 Å². The molecule has 3 nitrogen and oxygen atoms in total. The summed E-state index contributed by atoms with van der Waals surface area (Å²) in [5, 5.41) is 11.6. The van der Waals surface area contributed by atoms with Crippen molar-refractivity contribution in [1.82, 2.24) is 5.32 Å². The molecule has 0 spiro atoms. The number of nitrogens with two attached hydrogens (primary N) is 1. The molecule has 0 heterocycles. The Bertz CT molecular complexity index is 252. The van der Waals surface area contributed by atoms with Crippen molar-refractivity contribution in [2.75, 3.05) is 6.54 Å². The lowest BCUT2D eigenvalue weighted by molar-refractivity contribution is 0.536. The van der Waals surface area contributed by atoms with Gasteiger partial charge in [-0.25, -0.2) is 0 Å². The van der Waals surface area contributed by atoms with Crippen LogP contribution in [0.5, 0.6) is 0 Å². The van der Waals surface area contributed by atoms with Crippen LogP contribution in [-0.2, 0) is 0 Å². The minimum atomic E-state index is -0.777. The van der Waals surface area contributed by atoms with Gasteiger partial charge in [0.25, 0.3) is 0 Å². The number of hydrogen-bond donors (Lipinski definition) is 2. The SMILES string of the molecule is C#CCNC(=C)CCC(C)(N)C#N. The minimum Gasteiger partial charge on any atom is -0.378 e. The maximum atomic E-state index is 8.63. The molecule has 3 heteroatoms. The van der Waals surface area contributed by atoms with Crippen LogP contribution in [0.3, 0.4) is 0 Å². The van der Waals surface area contributed by atoms with Crippen LogP contribution in [0, 0.1) is 23.7 Å². The number of nitriles is 1. The van der Waals surface area contributed by atoms with Gasteiger partial charge in [-0.15, -0.1) is 6.42 Å². The van der Waals surface area contributed by atoms with E-state index in [2.05, 4.69) is 17.8 Å². The van der Waals surface area contributed by atoms with Crippen LogP contribution in [-0.4, -0.2) is 12.1 Å². The second-order valence-corrected chi connectivity index (χ2v) is 3.19. The molecule has 0 aliphatic rings. The van der Waals surface area contributed by atoms with Crippen molar-refractivity contribution < 1.29 is 0 Å². The number of nitrogens with one attached hydrogen (secondary N) is 1. The normalized spacial score (nSPS) is 13.5. The average Bonchev–Trinajstić information content (AvgIpc) is 2.11. The number of nitrogens with zero attached hydrogens (tertiary/aromatic N) is 1. The van der Waals surface area contributed by atoms with Crippen molar-refractivity contribution in [3.8, 4) is 18.4 Å². The number of rotatable bonds is 5. The second-order valence-electron chi connectivity index (χ2n) is 3.19. The molecule has 0 aromatic carbocycles. The molecule has 0 fully saturated rings. The van der Waals surface area contributed by atoms with E-state index >= 15 is 0 Å². The zero-order valence-corrected chi connectivity index (χ0v) is 7.93. The third kappa shape index (κ3) is 5.78. The Hall–Kier alpha value is -1.45. The summed E-state index contributed by atoms with van der Waals surface area (Å²) in [5.74, 6) is 2.44. The Morgan fingerprint density at radius 2 is 2.38 bits per heavy atom. The predicted molar refractivity (Wildman–Crippen MR) is 53.4 cm³/mol. The molecular weight excluding hydrogens is 162 g/mol. The van der Waals surface area contributed by atoms with Crippen LogP contribution in [0.1, 0.15) is 19.8 Å². The van der Waals surface area contributed by atoms with Gasteiger partial charge >= 0.3 is 0 Å². The number of allylic oxidation sites excluding steroid dienone is 1. The van der Waals surface area contributed by atoms with Gasteiger partial charge in [0.1, 0.15) is 5.54 Å². The standard InChI is InChI=1S/C10H15N3/c1-4-7-13-9(2)5-6-10(3,12)8-11/h1,13H,2,5-7,12H2,3H3. The summed E-state index contributed by atoms with van der Waals surface area (Å²) in [4.78, 5) is 0. The van der Waals surface area contributed by atoms with Crippen molar-refractivity contribution in [2.24, 2.45) is 5.73 Å². The molecule has 0 aliphatic carbocycles. The van der Waals surface area contributed by atoms with E-state index in [1.54, 1.807) is 6.92 Å². The van der Waals surface area contributed by atoms with Crippen LogP contribution in [0.15, 0.2) is 12.3 Å². The topological polar surface area (TPSA) is 61.8 Å². The molecule has 70 valence electrons. The molecule has 1 atom stereocenters. The molecule has 0 rings (SSSR count). The first-order valence-corrected chi connectivity index (χ1v) is 4.07. The zero-order valence-electron chi connectivity index (χ0n) is 7.93. The summed E-state index contributed by atoms with van der Waals surface area (Å²) in [6.07, 6.45) is 6.31. The molecule has 0 aromatic heterocycles. The fourth-order valence-electron chi connectivity index (χ4n) is 0.731. The van der Waals surface area contributed by atoms with Crippen LogP contribution in [0.25, 0.3) is 0 Å². The average molecular weight is 177 g/mol. The fraction of sp³-hybridized carbons (Fsp3) is 0.500. The van der Waals surface area contributed by atoms with Gasteiger partial charge < -0.3 is 11.1 Å². The lowest BCUT2D eigenvalue weighted by atomic mass is 9.98. The number of hydrogen-bond acceptors (Lipinski definition) is 3. The van der Waals surface area contributed by atoms with E-state index in [9.17, 15) is 0 Å². The first kappa shape index (κ1) is 11.6. The van der Waals surface area contributed by atoms with E-state index in [-0.39, 0.29) is 0 Å². The lowest BCUT2D eigenvalue weighted by Gasteiger charge is -2.15. The highest BCUT2D eigenvalue weighted by molar-refractivity contribution is 5.05. The van der Waals surface area contributed by atoms with Gasteiger partial charge in [-0.1, -0.05) is 12.5 Å². The first-order valence-electron chi connectivity index (χ1n) is 4.07. The van der Waals surface area contributed by atoms with Crippen LogP contribution < -0.4 is 11.1 Å². The largest absolute Gasteiger partial charge is 0.378 e. The summed E-state index contributed by atoms with van der Waals surface area (Å²) in [5.41, 5.74) is 5.67.